The summed E-state index contributed by atoms with van der Waals surface area (Å²) < 4.78 is 21.2. The van der Waals surface area contributed by atoms with Gasteiger partial charge in [0.25, 0.3) is 0 Å². The first-order chi connectivity index (χ1) is 19.5. The quantitative estimate of drug-likeness (QED) is 0.279. The fourth-order valence-corrected chi connectivity index (χ4v) is 4.77. The van der Waals surface area contributed by atoms with Gasteiger partial charge in [0.15, 0.2) is 5.43 Å². The zero-order chi connectivity index (χ0) is 27.6. The van der Waals surface area contributed by atoms with Gasteiger partial charge in [-0.15, -0.1) is 0 Å². The van der Waals surface area contributed by atoms with Crippen molar-refractivity contribution < 1.29 is 9.13 Å². The Morgan fingerprint density at radius 1 is 1.00 bits per heavy atom. The smallest absolute Gasteiger partial charge is 0.194 e. The summed E-state index contributed by atoms with van der Waals surface area (Å²) in [6.45, 7) is 2.48. The van der Waals surface area contributed by atoms with Crippen molar-refractivity contribution >= 4 is 27.8 Å². The van der Waals surface area contributed by atoms with Crippen molar-refractivity contribution in [2.24, 2.45) is 0 Å². The van der Waals surface area contributed by atoms with Crippen molar-refractivity contribution in [3.05, 3.63) is 119 Å². The Morgan fingerprint density at radius 2 is 1.85 bits per heavy atom. The van der Waals surface area contributed by atoms with Crippen LogP contribution >= 0.6 is 0 Å². The maximum atomic E-state index is 14.0. The van der Waals surface area contributed by atoms with Crippen LogP contribution in [0.4, 0.5) is 10.2 Å². The zero-order valence-corrected chi connectivity index (χ0v) is 21.9. The fraction of sp³-hybridized carbons (Fsp3) is 0.129. The van der Waals surface area contributed by atoms with Crippen LogP contribution in [0, 0.1) is 5.82 Å². The molecule has 0 aliphatic carbocycles. The Balaban J connectivity index is 1.41. The second-order valence-electron chi connectivity index (χ2n) is 9.42. The highest BCUT2D eigenvalue weighted by molar-refractivity contribution is 5.87. The first-order valence-electron chi connectivity index (χ1n) is 12.8. The lowest BCUT2D eigenvalue weighted by Crippen LogP contribution is -2.16. The number of anilines is 1. The van der Waals surface area contributed by atoms with Crippen LogP contribution in [0.3, 0.4) is 0 Å². The zero-order valence-electron chi connectivity index (χ0n) is 21.9. The van der Waals surface area contributed by atoms with E-state index < -0.39 is 0 Å². The molecule has 4 aromatic heterocycles. The number of hydrogen-bond donors (Lipinski definition) is 1. The number of nitrogens with one attached hydrogen (secondary N) is 1. The number of pyridine rings is 3. The SMILES string of the molecule is COc1ccc(Cn2ccc(=O)c3c(N[C@@H](C)c4cc5ccc(F)cc5nc4-c4ccccn4)ncnc32)cc1. The van der Waals surface area contributed by atoms with E-state index in [9.17, 15) is 9.18 Å². The Morgan fingerprint density at radius 3 is 2.62 bits per heavy atom. The summed E-state index contributed by atoms with van der Waals surface area (Å²) in [5.74, 6) is 0.830. The lowest BCUT2D eigenvalue weighted by molar-refractivity contribution is 0.414. The summed E-state index contributed by atoms with van der Waals surface area (Å²) in [5, 5.41) is 4.59. The van der Waals surface area contributed by atoms with E-state index in [1.807, 2.05) is 60.0 Å². The molecule has 1 N–H and O–H groups in total. The number of aromatic nitrogens is 5. The number of rotatable bonds is 7. The minimum absolute atomic E-state index is 0.187. The van der Waals surface area contributed by atoms with E-state index in [1.54, 1.807) is 25.6 Å². The first kappa shape index (κ1) is 25.1. The van der Waals surface area contributed by atoms with E-state index in [0.29, 0.717) is 40.3 Å². The number of halogens is 1. The van der Waals surface area contributed by atoms with Gasteiger partial charge in [-0.2, -0.15) is 0 Å². The molecule has 0 aliphatic rings. The van der Waals surface area contributed by atoms with Crippen LogP contribution in [0.25, 0.3) is 33.3 Å². The number of ether oxygens (including phenoxy) is 1. The van der Waals surface area contributed by atoms with Crippen molar-refractivity contribution in [1.82, 2.24) is 24.5 Å². The number of hydrogen-bond acceptors (Lipinski definition) is 7. The average molecular weight is 533 g/mol. The van der Waals surface area contributed by atoms with Crippen LogP contribution in [0.15, 0.2) is 96.3 Å². The van der Waals surface area contributed by atoms with E-state index >= 15 is 0 Å². The molecule has 0 saturated carbocycles. The highest BCUT2D eigenvalue weighted by atomic mass is 19.1. The first-order valence-corrected chi connectivity index (χ1v) is 12.8. The molecule has 0 unspecified atom stereocenters. The van der Waals surface area contributed by atoms with E-state index in [1.165, 1.54) is 24.5 Å². The molecule has 2 aromatic carbocycles. The molecule has 0 bridgehead atoms. The molecular weight excluding hydrogens is 507 g/mol. The molecule has 4 heterocycles. The van der Waals surface area contributed by atoms with E-state index in [2.05, 4.69) is 20.3 Å². The largest absolute Gasteiger partial charge is 0.497 e. The molecule has 6 rings (SSSR count). The lowest BCUT2D eigenvalue weighted by atomic mass is 10.0. The number of benzene rings is 2. The Labute approximate surface area is 229 Å². The summed E-state index contributed by atoms with van der Waals surface area (Å²) in [5.41, 5.74) is 4.01. The van der Waals surface area contributed by atoms with Gasteiger partial charge in [0.1, 0.15) is 34.7 Å². The van der Waals surface area contributed by atoms with Gasteiger partial charge in [-0.05, 0) is 55.0 Å². The third kappa shape index (κ3) is 4.84. The topological polar surface area (TPSA) is 94.8 Å². The van der Waals surface area contributed by atoms with Crippen LogP contribution in [0.2, 0.25) is 0 Å². The fourth-order valence-electron chi connectivity index (χ4n) is 4.77. The summed E-state index contributed by atoms with van der Waals surface area (Å²) in [6.07, 6.45) is 4.88. The van der Waals surface area contributed by atoms with Gasteiger partial charge in [0.2, 0.25) is 0 Å². The minimum atomic E-state index is -0.357. The van der Waals surface area contributed by atoms with E-state index in [4.69, 9.17) is 9.72 Å². The highest BCUT2D eigenvalue weighted by Gasteiger charge is 2.19. The van der Waals surface area contributed by atoms with Gasteiger partial charge in [-0.1, -0.05) is 18.2 Å². The van der Waals surface area contributed by atoms with Crippen LogP contribution in [0.1, 0.15) is 24.1 Å². The number of methoxy groups -OCH3 is 1. The summed E-state index contributed by atoms with van der Waals surface area (Å²) in [7, 11) is 1.63. The molecule has 6 aromatic rings. The summed E-state index contributed by atoms with van der Waals surface area (Å²) >= 11 is 0. The minimum Gasteiger partial charge on any atom is -0.497 e. The molecule has 1 atom stereocenters. The number of nitrogens with zero attached hydrogens (tertiary/aromatic N) is 5. The van der Waals surface area contributed by atoms with Crippen LogP contribution in [0.5, 0.6) is 5.75 Å². The molecule has 0 saturated heterocycles. The molecule has 9 heteroatoms. The molecule has 0 aliphatic heterocycles. The number of fused-ring (bicyclic) bond motifs is 2. The maximum Gasteiger partial charge on any atom is 0.194 e. The summed E-state index contributed by atoms with van der Waals surface area (Å²) in [4.78, 5) is 31.2. The highest BCUT2D eigenvalue weighted by Crippen LogP contribution is 2.31. The van der Waals surface area contributed by atoms with E-state index in [-0.39, 0.29) is 17.3 Å². The van der Waals surface area contributed by atoms with Gasteiger partial charge in [-0.25, -0.2) is 19.3 Å². The molecular formula is C31H25FN6O2. The molecule has 0 fully saturated rings. The van der Waals surface area contributed by atoms with E-state index in [0.717, 1.165) is 22.3 Å². The second kappa shape index (κ2) is 10.5. The predicted molar refractivity (Wildman–Crippen MR) is 153 cm³/mol. The van der Waals surface area contributed by atoms with Gasteiger partial charge in [-0.3, -0.25) is 9.78 Å². The Kier molecular flexibility index (Phi) is 6.61. The van der Waals surface area contributed by atoms with Gasteiger partial charge < -0.3 is 14.6 Å². The molecule has 8 nitrogen and oxygen atoms in total. The Bertz CT molecular complexity index is 1890. The van der Waals surface area contributed by atoms with Gasteiger partial charge in [0.05, 0.1) is 30.1 Å². The second-order valence-corrected chi connectivity index (χ2v) is 9.42. The molecule has 40 heavy (non-hydrogen) atoms. The molecule has 198 valence electrons. The molecule has 0 spiro atoms. The lowest BCUT2D eigenvalue weighted by Gasteiger charge is -2.20. The predicted octanol–water partition coefficient (Wildman–Crippen LogP) is 5.77. The third-order valence-corrected chi connectivity index (χ3v) is 6.80. The monoisotopic (exact) mass is 532 g/mol. The third-order valence-electron chi connectivity index (χ3n) is 6.80. The Hall–Kier alpha value is -5.18. The normalized spacial score (nSPS) is 12.0. The summed E-state index contributed by atoms with van der Waals surface area (Å²) in [6, 6.07) is 21.0. The van der Waals surface area contributed by atoms with Gasteiger partial charge in [0, 0.05) is 42.0 Å². The maximum absolute atomic E-state index is 14.0. The standard InChI is InChI=1S/C31H25FN6O2/c1-19(24-15-21-8-9-22(32)16-26(21)37-29(24)25-5-3-4-13-33-25)36-30-28-27(39)12-14-38(31(28)35-18-34-30)17-20-6-10-23(40-2)11-7-20/h3-16,18-19H,17H2,1-2H3,(H,34,35,36)/t19-/m0/s1. The van der Waals surface area contributed by atoms with Gasteiger partial charge >= 0.3 is 0 Å². The average Bonchev–Trinajstić information content (AvgIpc) is 2.98. The van der Waals surface area contributed by atoms with Crippen molar-refractivity contribution in [3.8, 4) is 17.1 Å². The van der Waals surface area contributed by atoms with Crippen molar-refractivity contribution in [2.45, 2.75) is 19.5 Å². The van der Waals surface area contributed by atoms with Crippen LogP contribution in [-0.2, 0) is 6.54 Å². The van der Waals surface area contributed by atoms with Crippen molar-refractivity contribution in [1.29, 1.82) is 0 Å². The van der Waals surface area contributed by atoms with Crippen LogP contribution in [-0.4, -0.2) is 31.6 Å². The molecule has 0 radical (unpaired) electrons. The van der Waals surface area contributed by atoms with Crippen molar-refractivity contribution in [3.63, 3.8) is 0 Å². The van der Waals surface area contributed by atoms with Crippen molar-refractivity contribution in [2.75, 3.05) is 12.4 Å². The van der Waals surface area contributed by atoms with Crippen LogP contribution < -0.4 is 15.5 Å². The molecule has 0 amide bonds.